The molecule has 3 rings (SSSR count). The van der Waals surface area contributed by atoms with Gasteiger partial charge < -0.3 is 0 Å². The van der Waals surface area contributed by atoms with Crippen molar-refractivity contribution in [2.24, 2.45) is 0 Å². The number of nitro benzene ring substituents is 2. The van der Waals surface area contributed by atoms with Gasteiger partial charge in [0.25, 0.3) is 21.5 Å². The van der Waals surface area contributed by atoms with Crippen LogP contribution in [0.1, 0.15) is 57.5 Å². The van der Waals surface area contributed by atoms with Crippen LogP contribution in [0.3, 0.4) is 0 Å². The molecule has 0 bridgehead atoms. The van der Waals surface area contributed by atoms with Gasteiger partial charge >= 0.3 is 0 Å². The standard InChI is InChI=1S/C21H23N3O10S2/c1-20(2,3)24(21(4,5)6)35(30,31)11-7-13-17(15(9-11)22(26)27)18-14(19(13)25)8-12(36(32,33)34)10-16(18)23(28)29/h7-10H,1-6H3,(H,32,33,34). The van der Waals surface area contributed by atoms with Gasteiger partial charge in [0.1, 0.15) is 4.90 Å². The van der Waals surface area contributed by atoms with Crippen molar-refractivity contribution < 1.29 is 36.0 Å². The fourth-order valence-electron chi connectivity index (χ4n) is 4.65. The summed E-state index contributed by atoms with van der Waals surface area (Å²) in [7, 11) is -9.44. The molecular weight excluding hydrogens is 518 g/mol. The van der Waals surface area contributed by atoms with Crippen LogP contribution in [0.15, 0.2) is 34.1 Å². The van der Waals surface area contributed by atoms with E-state index < -0.39 is 90.3 Å². The Morgan fingerprint density at radius 2 is 1.11 bits per heavy atom. The predicted molar refractivity (Wildman–Crippen MR) is 127 cm³/mol. The smallest absolute Gasteiger partial charge is 0.289 e. The molecule has 0 fully saturated rings. The Kier molecular flexibility index (Phi) is 6.17. The number of hydrogen-bond donors (Lipinski definition) is 1. The van der Waals surface area contributed by atoms with Gasteiger partial charge in [-0.05, 0) is 53.7 Å². The first-order valence-electron chi connectivity index (χ1n) is 10.3. The van der Waals surface area contributed by atoms with E-state index in [1.54, 1.807) is 41.5 Å². The SMILES string of the molecule is CC(C)(C)N(C(C)(C)C)S(=O)(=O)c1cc2c(c([N+](=O)[O-])c1)-c1c(cc(S(=O)(=O)O)cc1[N+](=O)[O-])C2=O. The van der Waals surface area contributed by atoms with Gasteiger partial charge in [0.2, 0.25) is 10.0 Å². The van der Waals surface area contributed by atoms with Crippen LogP contribution in [0.5, 0.6) is 0 Å². The lowest BCUT2D eigenvalue weighted by atomic mass is 10.0. The van der Waals surface area contributed by atoms with Crippen LogP contribution >= 0.6 is 0 Å². The second-order valence-corrected chi connectivity index (χ2v) is 13.4. The van der Waals surface area contributed by atoms with Crippen molar-refractivity contribution in [3.8, 4) is 11.1 Å². The van der Waals surface area contributed by atoms with Crippen molar-refractivity contribution in [3.63, 3.8) is 0 Å². The summed E-state index contributed by atoms with van der Waals surface area (Å²) in [6.45, 7) is 9.74. The van der Waals surface area contributed by atoms with Crippen molar-refractivity contribution in [3.05, 3.63) is 55.6 Å². The summed E-state index contributed by atoms with van der Waals surface area (Å²) < 4.78 is 61.2. The van der Waals surface area contributed by atoms with Crippen LogP contribution in [-0.2, 0) is 20.1 Å². The highest BCUT2D eigenvalue weighted by Crippen LogP contribution is 2.49. The van der Waals surface area contributed by atoms with Gasteiger partial charge in [-0.2, -0.15) is 12.7 Å². The Labute approximate surface area is 206 Å². The van der Waals surface area contributed by atoms with Crippen molar-refractivity contribution in [1.29, 1.82) is 0 Å². The molecule has 13 nitrogen and oxygen atoms in total. The molecule has 1 aliphatic rings. The Morgan fingerprint density at radius 3 is 1.44 bits per heavy atom. The predicted octanol–water partition coefficient (Wildman–Crippen LogP) is 3.55. The first kappa shape index (κ1) is 27.3. The number of fused-ring (bicyclic) bond motifs is 3. The Morgan fingerprint density at radius 1 is 0.750 bits per heavy atom. The van der Waals surface area contributed by atoms with Crippen molar-refractivity contribution in [2.75, 3.05) is 0 Å². The van der Waals surface area contributed by atoms with Crippen LogP contribution in [0, 0.1) is 20.2 Å². The third-order valence-electron chi connectivity index (χ3n) is 5.37. The fourth-order valence-corrected chi connectivity index (χ4v) is 7.36. The average Bonchev–Trinajstić information content (AvgIpc) is 2.95. The molecule has 0 atom stereocenters. The number of carbonyl (C=O) groups excluding carboxylic acids is 1. The summed E-state index contributed by atoms with van der Waals surface area (Å²) >= 11 is 0. The van der Waals surface area contributed by atoms with Crippen LogP contribution in [-0.4, -0.2) is 52.4 Å². The lowest BCUT2D eigenvalue weighted by Crippen LogP contribution is -2.55. The highest BCUT2D eigenvalue weighted by molar-refractivity contribution is 7.89. The largest absolute Gasteiger partial charge is 0.294 e. The zero-order valence-corrected chi connectivity index (χ0v) is 21.7. The lowest BCUT2D eigenvalue weighted by molar-refractivity contribution is -0.386. The maximum absolute atomic E-state index is 13.7. The highest BCUT2D eigenvalue weighted by atomic mass is 32.2. The zero-order chi connectivity index (χ0) is 27.8. The molecule has 2 aromatic rings. The van der Waals surface area contributed by atoms with Gasteiger partial charge in [-0.3, -0.25) is 29.6 Å². The van der Waals surface area contributed by atoms with E-state index in [0.29, 0.717) is 12.1 Å². The molecule has 194 valence electrons. The first-order valence-corrected chi connectivity index (χ1v) is 13.2. The topological polar surface area (TPSA) is 195 Å². The Balaban J connectivity index is 2.46. The molecule has 1 N–H and O–H groups in total. The number of nitrogens with zero attached hydrogens (tertiary/aromatic N) is 3. The molecule has 0 saturated heterocycles. The second-order valence-electron chi connectivity index (χ2n) is 10.2. The van der Waals surface area contributed by atoms with Gasteiger partial charge in [-0.25, -0.2) is 8.42 Å². The van der Waals surface area contributed by atoms with Crippen LogP contribution in [0.25, 0.3) is 11.1 Å². The number of nitro groups is 2. The van der Waals surface area contributed by atoms with Crippen LogP contribution in [0.4, 0.5) is 11.4 Å². The third kappa shape index (κ3) is 4.38. The minimum Gasteiger partial charge on any atom is -0.289 e. The monoisotopic (exact) mass is 541 g/mol. The van der Waals surface area contributed by atoms with E-state index in [0.717, 1.165) is 16.4 Å². The summed E-state index contributed by atoms with van der Waals surface area (Å²) in [5.74, 6) is -1.06. The normalized spacial score (nSPS) is 14.1. The van der Waals surface area contributed by atoms with Gasteiger partial charge in [0, 0.05) is 34.3 Å². The Bertz CT molecular complexity index is 1550. The average molecular weight is 542 g/mol. The second kappa shape index (κ2) is 8.12. The summed E-state index contributed by atoms with van der Waals surface area (Å²) in [6, 6.07) is 2.75. The van der Waals surface area contributed by atoms with E-state index in [1.165, 1.54) is 0 Å². The minimum atomic E-state index is -4.99. The summed E-state index contributed by atoms with van der Waals surface area (Å²) in [5.41, 5.74) is -5.98. The van der Waals surface area contributed by atoms with Gasteiger partial charge in [0.15, 0.2) is 5.78 Å². The van der Waals surface area contributed by atoms with Gasteiger partial charge in [-0.1, -0.05) is 0 Å². The van der Waals surface area contributed by atoms with E-state index in [9.17, 15) is 46.4 Å². The van der Waals surface area contributed by atoms with E-state index in [-0.39, 0.29) is 0 Å². The van der Waals surface area contributed by atoms with E-state index >= 15 is 0 Å². The minimum absolute atomic E-state index is 0.478. The molecule has 0 saturated carbocycles. The molecule has 0 unspecified atom stereocenters. The molecule has 2 aromatic carbocycles. The van der Waals surface area contributed by atoms with Crippen molar-refractivity contribution >= 4 is 37.3 Å². The molecule has 36 heavy (non-hydrogen) atoms. The van der Waals surface area contributed by atoms with Gasteiger partial charge in [-0.15, -0.1) is 0 Å². The molecule has 0 radical (unpaired) electrons. The number of sulfonamides is 1. The van der Waals surface area contributed by atoms with E-state index in [2.05, 4.69) is 0 Å². The third-order valence-corrected chi connectivity index (χ3v) is 8.61. The molecule has 0 spiro atoms. The van der Waals surface area contributed by atoms with Gasteiger partial charge in [0.05, 0.1) is 25.9 Å². The summed E-state index contributed by atoms with van der Waals surface area (Å²) in [6.07, 6.45) is 0. The fraction of sp³-hybridized carbons (Fsp3) is 0.381. The van der Waals surface area contributed by atoms with Crippen LogP contribution in [0.2, 0.25) is 0 Å². The number of hydrogen-bond acceptors (Lipinski definition) is 9. The number of rotatable bonds is 5. The van der Waals surface area contributed by atoms with Crippen molar-refractivity contribution in [1.82, 2.24) is 4.31 Å². The lowest BCUT2D eigenvalue weighted by Gasteiger charge is -2.43. The molecule has 1 aliphatic carbocycles. The number of carbonyl (C=O) groups is 1. The summed E-state index contributed by atoms with van der Waals surface area (Å²) in [5, 5.41) is 23.7. The molecule has 0 heterocycles. The zero-order valence-electron chi connectivity index (χ0n) is 20.1. The van der Waals surface area contributed by atoms with E-state index in [4.69, 9.17) is 0 Å². The molecule has 15 heteroatoms. The quantitative estimate of drug-likeness (QED) is 0.283. The molecule has 0 aliphatic heterocycles. The van der Waals surface area contributed by atoms with Crippen molar-refractivity contribution in [2.45, 2.75) is 62.4 Å². The maximum Gasteiger partial charge on any atom is 0.294 e. The number of ketones is 1. The van der Waals surface area contributed by atoms with E-state index in [1.807, 2.05) is 0 Å². The van der Waals surface area contributed by atoms with Crippen LogP contribution < -0.4 is 0 Å². The first-order chi connectivity index (χ1) is 16.1. The molecule has 0 amide bonds. The molecule has 0 aromatic heterocycles. The molecular formula is C21H23N3O10S2. The highest BCUT2D eigenvalue weighted by Gasteiger charge is 2.45. The number of benzene rings is 2. The maximum atomic E-state index is 13.7. The summed E-state index contributed by atoms with van der Waals surface area (Å²) in [4.78, 5) is 33.4. The Hall–Kier alpha value is -3.27.